The molecule has 6 heteroatoms. The van der Waals surface area contributed by atoms with Crippen LogP contribution in [0.25, 0.3) is 123 Å². The second-order valence-corrected chi connectivity index (χ2v) is 16.5. The first-order valence-electron chi connectivity index (χ1n) is 22.3. The summed E-state index contributed by atoms with van der Waals surface area (Å²) in [5, 5.41) is 2.15. The fourth-order valence-electron chi connectivity index (χ4n) is 8.69. The van der Waals surface area contributed by atoms with Gasteiger partial charge in [-0.05, 0) is 69.8 Å². The quantitative estimate of drug-likeness (QED) is 0.144. The van der Waals surface area contributed by atoms with Crippen LogP contribution in [0.2, 0.25) is 0 Å². The van der Waals surface area contributed by atoms with Crippen LogP contribution in [0.1, 0.15) is 0 Å². The minimum absolute atomic E-state index is 0.589. The average molecular weight is 858 g/mol. The van der Waals surface area contributed by atoms with Gasteiger partial charge in [-0.1, -0.05) is 200 Å². The zero-order chi connectivity index (χ0) is 44.5. The summed E-state index contributed by atoms with van der Waals surface area (Å²) < 4.78 is 6.28. The van der Waals surface area contributed by atoms with Crippen molar-refractivity contribution >= 4 is 21.9 Å². The molecule has 0 unspecified atom stereocenters. The van der Waals surface area contributed by atoms with Gasteiger partial charge in [0.1, 0.15) is 11.2 Å². The van der Waals surface area contributed by atoms with E-state index in [4.69, 9.17) is 29.3 Å². The highest BCUT2D eigenvalue weighted by atomic mass is 16.3. The lowest BCUT2D eigenvalue weighted by molar-refractivity contribution is 0.669. The molecule has 0 aliphatic rings. The van der Waals surface area contributed by atoms with Crippen molar-refractivity contribution < 1.29 is 4.42 Å². The third-order valence-corrected chi connectivity index (χ3v) is 12.2. The van der Waals surface area contributed by atoms with E-state index < -0.39 is 0 Å². The van der Waals surface area contributed by atoms with E-state index in [9.17, 15) is 0 Å². The standard InChI is InChI=1S/C61H39N5O/c1-4-14-40(15-5-1)42-26-30-45(31-27-42)58-64-59(46-32-28-43(29-33-46)41-16-6-2-7-17-41)66-61(65-58)50-23-13-21-48(37-50)47-20-12-22-49(36-47)55-39-54(44-18-8-3-9-19-44)62-60(63-55)51-34-35-53-52-24-10-11-25-56(52)67-57(53)38-51/h1-39H. The maximum Gasteiger partial charge on any atom is 0.164 e. The Morgan fingerprint density at radius 3 is 1.18 bits per heavy atom. The highest BCUT2D eigenvalue weighted by molar-refractivity contribution is 6.05. The molecule has 0 atom stereocenters. The normalized spacial score (nSPS) is 11.3. The van der Waals surface area contributed by atoms with Crippen LogP contribution in [0.5, 0.6) is 0 Å². The van der Waals surface area contributed by atoms with Crippen LogP contribution in [0.15, 0.2) is 241 Å². The Morgan fingerprint density at radius 1 is 0.209 bits per heavy atom. The van der Waals surface area contributed by atoms with Gasteiger partial charge >= 0.3 is 0 Å². The molecular weight excluding hydrogens is 819 g/mol. The van der Waals surface area contributed by atoms with Crippen LogP contribution in [0, 0.1) is 0 Å². The van der Waals surface area contributed by atoms with Crippen molar-refractivity contribution in [1.82, 2.24) is 24.9 Å². The molecule has 314 valence electrons. The summed E-state index contributed by atoms with van der Waals surface area (Å²) in [5.74, 6) is 2.42. The molecule has 0 spiro atoms. The summed E-state index contributed by atoms with van der Waals surface area (Å²) >= 11 is 0. The van der Waals surface area contributed by atoms with Crippen LogP contribution in [0.4, 0.5) is 0 Å². The first-order chi connectivity index (χ1) is 33.1. The van der Waals surface area contributed by atoms with E-state index in [0.717, 1.165) is 100 Å². The highest BCUT2D eigenvalue weighted by Crippen LogP contribution is 2.36. The molecule has 0 N–H and O–H groups in total. The van der Waals surface area contributed by atoms with E-state index in [1.807, 2.05) is 54.6 Å². The van der Waals surface area contributed by atoms with Crippen molar-refractivity contribution in [2.24, 2.45) is 0 Å². The molecule has 0 bridgehead atoms. The molecule has 3 aromatic heterocycles. The van der Waals surface area contributed by atoms with Gasteiger partial charge in [0.25, 0.3) is 0 Å². The predicted octanol–water partition coefficient (Wildman–Crippen LogP) is 15.6. The van der Waals surface area contributed by atoms with Gasteiger partial charge in [-0.25, -0.2) is 24.9 Å². The first kappa shape index (κ1) is 39.5. The summed E-state index contributed by atoms with van der Waals surface area (Å²) in [4.78, 5) is 25.6. The van der Waals surface area contributed by atoms with E-state index >= 15 is 0 Å². The van der Waals surface area contributed by atoms with Crippen LogP contribution in [-0.4, -0.2) is 24.9 Å². The van der Waals surface area contributed by atoms with Crippen LogP contribution in [-0.2, 0) is 0 Å². The maximum absolute atomic E-state index is 6.28. The maximum atomic E-state index is 6.28. The van der Waals surface area contributed by atoms with Crippen LogP contribution < -0.4 is 0 Å². The van der Waals surface area contributed by atoms with Crippen molar-refractivity contribution in [3.63, 3.8) is 0 Å². The van der Waals surface area contributed by atoms with Gasteiger partial charge in [0.2, 0.25) is 0 Å². The second kappa shape index (κ2) is 17.1. The molecule has 0 aliphatic carbocycles. The van der Waals surface area contributed by atoms with Gasteiger partial charge in [0.05, 0.1) is 11.4 Å². The zero-order valence-corrected chi connectivity index (χ0v) is 36.2. The summed E-state index contributed by atoms with van der Waals surface area (Å²) in [6.45, 7) is 0. The first-order valence-corrected chi connectivity index (χ1v) is 22.3. The van der Waals surface area contributed by atoms with Crippen LogP contribution in [0.3, 0.4) is 0 Å². The number of hydrogen-bond acceptors (Lipinski definition) is 6. The molecule has 0 aliphatic heterocycles. The largest absolute Gasteiger partial charge is 0.456 e. The monoisotopic (exact) mass is 857 g/mol. The summed E-state index contributed by atoms with van der Waals surface area (Å²) in [5.41, 5.74) is 15.5. The molecule has 12 aromatic rings. The molecule has 12 rings (SSSR count). The number of para-hydroxylation sites is 1. The Balaban J connectivity index is 0.925. The molecule has 0 saturated carbocycles. The zero-order valence-electron chi connectivity index (χ0n) is 36.2. The molecule has 6 nitrogen and oxygen atoms in total. The minimum atomic E-state index is 0.589. The second-order valence-electron chi connectivity index (χ2n) is 16.5. The minimum Gasteiger partial charge on any atom is -0.456 e. The SMILES string of the molecule is c1ccc(-c2ccc(-c3nc(-c4ccc(-c5ccccc5)cc4)nc(-c4cccc(-c5cccc(-c6cc(-c7ccccc7)nc(-c7ccc8c(c7)oc7ccccc78)n6)c5)c4)n3)cc2)cc1. The van der Waals surface area contributed by atoms with Gasteiger partial charge in [-0.15, -0.1) is 0 Å². The number of benzene rings is 9. The van der Waals surface area contributed by atoms with Crippen LogP contribution >= 0.6 is 0 Å². The van der Waals surface area contributed by atoms with E-state index in [1.54, 1.807) is 0 Å². The van der Waals surface area contributed by atoms with Gasteiger partial charge in [-0.3, -0.25) is 0 Å². The van der Waals surface area contributed by atoms with Gasteiger partial charge in [0.15, 0.2) is 23.3 Å². The lowest BCUT2D eigenvalue weighted by Gasteiger charge is -2.12. The van der Waals surface area contributed by atoms with Crippen molar-refractivity contribution in [3.8, 4) is 101 Å². The smallest absolute Gasteiger partial charge is 0.164 e. The Bertz CT molecular complexity index is 3620. The average Bonchev–Trinajstić information content (AvgIpc) is 3.80. The van der Waals surface area contributed by atoms with Gasteiger partial charge in [0, 0.05) is 44.2 Å². The lowest BCUT2D eigenvalue weighted by Crippen LogP contribution is -2.00. The number of hydrogen-bond donors (Lipinski definition) is 0. The van der Waals surface area contributed by atoms with E-state index in [2.05, 4.69) is 182 Å². The number of furan rings is 1. The Hall–Kier alpha value is -9.13. The molecule has 0 amide bonds. The molecule has 0 saturated heterocycles. The fourth-order valence-corrected chi connectivity index (χ4v) is 8.69. The van der Waals surface area contributed by atoms with Gasteiger partial charge < -0.3 is 4.42 Å². The molecular formula is C61H39N5O. The molecule has 9 aromatic carbocycles. The fraction of sp³-hybridized carbons (Fsp3) is 0. The third-order valence-electron chi connectivity index (χ3n) is 12.2. The van der Waals surface area contributed by atoms with E-state index in [-0.39, 0.29) is 0 Å². The third kappa shape index (κ3) is 7.94. The van der Waals surface area contributed by atoms with Crippen molar-refractivity contribution in [1.29, 1.82) is 0 Å². The van der Waals surface area contributed by atoms with E-state index in [1.165, 1.54) is 0 Å². The van der Waals surface area contributed by atoms with Gasteiger partial charge in [-0.2, -0.15) is 0 Å². The topological polar surface area (TPSA) is 77.6 Å². The summed E-state index contributed by atoms with van der Waals surface area (Å²) in [7, 11) is 0. The predicted molar refractivity (Wildman–Crippen MR) is 272 cm³/mol. The lowest BCUT2D eigenvalue weighted by atomic mass is 9.99. The Kier molecular flexibility index (Phi) is 10.1. The molecule has 0 fully saturated rings. The Morgan fingerprint density at radius 2 is 0.582 bits per heavy atom. The molecule has 0 radical (unpaired) electrons. The van der Waals surface area contributed by atoms with Crippen molar-refractivity contribution in [3.05, 3.63) is 237 Å². The number of rotatable bonds is 9. The van der Waals surface area contributed by atoms with Crippen molar-refractivity contribution in [2.45, 2.75) is 0 Å². The van der Waals surface area contributed by atoms with E-state index in [0.29, 0.717) is 23.3 Å². The molecule has 3 heterocycles. The Labute approximate surface area is 387 Å². The summed E-state index contributed by atoms with van der Waals surface area (Å²) in [6.07, 6.45) is 0. The molecule has 67 heavy (non-hydrogen) atoms. The summed E-state index contributed by atoms with van der Waals surface area (Å²) in [6, 6.07) is 81.2. The highest BCUT2D eigenvalue weighted by Gasteiger charge is 2.17. The van der Waals surface area contributed by atoms with Crippen molar-refractivity contribution in [2.75, 3.05) is 0 Å². The number of nitrogens with zero attached hydrogens (tertiary/aromatic N) is 5. The number of aromatic nitrogens is 5. The number of fused-ring (bicyclic) bond motifs is 3.